The summed E-state index contributed by atoms with van der Waals surface area (Å²) < 4.78 is 0. The number of aliphatic hydroxyl groups is 1. The summed E-state index contributed by atoms with van der Waals surface area (Å²) in [7, 11) is 0. The Morgan fingerprint density at radius 2 is 2.33 bits per heavy atom. The molecule has 94 valence electrons. The van der Waals surface area contributed by atoms with Crippen LogP contribution in [0.3, 0.4) is 0 Å². The lowest BCUT2D eigenvalue weighted by molar-refractivity contribution is 0.0297. The molecular weight excluding hydrogens is 228 g/mol. The van der Waals surface area contributed by atoms with Crippen LogP contribution >= 0.6 is 0 Å². The van der Waals surface area contributed by atoms with Crippen LogP contribution in [-0.2, 0) is 0 Å². The molecule has 0 spiro atoms. The molecule has 1 aromatic rings. The average molecular weight is 244 g/mol. The summed E-state index contributed by atoms with van der Waals surface area (Å²) in [6.07, 6.45) is 0.296. The van der Waals surface area contributed by atoms with Crippen LogP contribution < -0.4 is 0 Å². The van der Waals surface area contributed by atoms with Gasteiger partial charge in [0.1, 0.15) is 0 Å². The second kappa shape index (κ2) is 5.19. The highest BCUT2D eigenvalue weighted by atomic mass is 16.3. The lowest BCUT2D eigenvalue weighted by atomic mass is 9.96. The molecule has 1 saturated heterocycles. The van der Waals surface area contributed by atoms with E-state index in [1.54, 1.807) is 29.2 Å². The Morgan fingerprint density at radius 3 is 3.00 bits per heavy atom. The average Bonchev–Trinajstić information content (AvgIpc) is 2.41. The SMILES string of the molecule is CC1CN(C(=O)c2cccc(C#N)c2)CCC1O. The van der Waals surface area contributed by atoms with Crippen molar-refractivity contribution in [3.8, 4) is 6.07 Å². The summed E-state index contributed by atoms with van der Waals surface area (Å²) in [5, 5.41) is 18.5. The van der Waals surface area contributed by atoms with E-state index in [9.17, 15) is 9.90 Å². The van der Waals surface area contributed by atoms with Gasteiger partial charge in [0.05, 0.1) is 17.7 Å². The van der Waals surface area contributed by atoms with E-state index < -0.39 is 0 Å². The fourth-order valence-electron chi connectivity index (χ4n) is 2.22. The molecule has 2 rings (SSSR count). The predicted molar refractivity (Wildman–Crippen MR) is 66.8 cm³/mol. The number of piperidine rings is 1. The fraction of sp³-hybridized carbons (Fsp3) is 0.429. The Hall–Kier alpha value is -1.86. The number of aliphatic hydroxyl groups excluding tert-OH is 1. The zero-order chi connectivity index (χ0) is 13.1. The first-order valence-corrected chi connectivity index (χ1v) is 6.09. The fourth-order valence-corrected chi connectivity index (χ4v) is 2.22. The van der Waals surface area contributed by atoms with Crippen molar-refractivity contribution in [3.63, 3.8) is 0 Å². The van der Waals surface area contributed by atoms with Crippen LogP contribution in [0.25, 0.3) is 0 Å². The van der Waals surface area contributed by atoms with Gasteiger partial charge < -0.3 is 10.0 Å². The highest BCUT2D eigenvalue weighted by molar-refractivity contribution is 5.94. The van der Waals surface area contributed by atoms with E-state index in [0.717, 1.165) is 0 Å². The monoisotopic (exact) mass is 244 g/mol. The molecule has 4 heteroatoms. The molecule has 1 aromatic carbocycles. The molecule has 1 fully saturated rings. The topological polar surface area (TPSA) is 64.3 Å². The summed E-state index contributed by atoms with van der Waals surface area (Å²) in [4.78, 5) is 14.0. The zero-order valence-electron chi connectivity index (χ0n) is 10.3. The number of carbonyl (C=O) groups is 1. The molecule has 2 unspecified atom stereocenters. The van der Waals surface area contributed by atoms with Crippen LogP contribution in [-0.4, -0.2) is 35.1 Å². The molecule has 0 aliphatic carbocycles. The molecule has 18 heavy (non-hydrogen) atoms. The Balaban J connectivity index is 2.14. The van der Waals surface area contributed by atoms with Crippen LogP contribution in [0.4, 0.5) is 0 Å². The maximum Gasteiger partial charge on any atom is 0.253 e. The Labute approximate surface area is 106 Å². The summed E-state index contributed by atoms with van der Waals surface area (Å²) in [5.41, 5.74) is 1.03. The van der Waals surface area contributed by atoms with E-state index in [1.807, 2.05) is 13.0 Å². The maximum atomic E-state index is 12.3. The minimum absolute atomic E-state index is 0.0640. The van der Waals surface area contributed by atoms with Gasteiger partial charge in [0, 0.05) is 18.7 Å². The lowest BCUT2D eigenvalue weighted by Gasteiger charge is -2.34. The van der Waals surface area contributed by atoms with Crippen molar-refractivity contribution in [1.82, 2.24) is 4.90 Å². The van der Waals surface area contributed by atoms with E-state index in [2.05, 4.69) is 0 Å². The first kappa shape index (κ1) is 12.6. The van der Waals surface area contributed by atoms with E-state index >= 15 is 0 Å². The summed E-state index contributed by atoms with van der Waals surface area (Å²) in [6, 6.07) is 8.76. The van der Waals surface area contributed by atoms with E-state index in [-0.39, 0.29) is 17.9 Å². The van der Waals surface area contributed by atoms with Crippen LogP contribution in [0, 0.1) is 17.2 Å². The number of hydrogen-bond donors (Lipinski definition) is 1. The van der Waals surface area contributed by atoms with E-state index in [1.165, 1.54) is 0 Å². The molecule has 0 bridgehead atoms. The smallest absolute Gasteiger partial charge is 0.253 e. The molecule has 4 nitrogen and oxygen atoms in total. The number of rotatable bonds is 1. The molecule has 2 atom stereocenters. The second-order valence-electron chi connectivity index (χ2n) is 4.78. The van der Waals surface area contributed by atoms with Crippen molar-refractivity contribution in [1.29, 1.82) is 5.26 Å². The van der Waals surface area contributed by atoms with Crippen molar-refractivity contribution in [2.24, 2.45) is 5.92 Å². The van der Waals surface area contributed by atoms with E-state index in [4.69, 9.17) is 5.26 Å². The Bertz CT molecular complexity index is 493. The van der Waals surface area contributed by atoms with Crippen LogP contribution in [0.1, 0.15) is 29.3 Å². The molecule has 1 aliphatic rings. The van der Waals surface area contributed by atoms with Crippen LogP contribution in [0.15, 0.2) is 24.3 Å². The third-order valence-corrected chi connectivity index (χ3v) is 3.39. The third kappa shape index (κ3) is 2.52. The van der Waals surface area contributed by atoms with Gasteiger partial charge in [-0.05, 0) is 30.5 Å². The third-order valence-electron chi connectivity index (χ3n) is 3.39. The van der Waals surface area contributed by atoms with Crippen LogP contribution in [0.2, 0.25) is 0 Å². The van der Waals surface area contributed by atoms with Gasteiger partial charge >= 0.3 is 0 Å². The summed E-state index contributed by atoms with van der Waals surface area (Å²) in [5.74, 6) is 0.0349. The van der Waals surface area contributed by atoms with Gasteiger partial charge in [-0.3, -0.25) is 4.79 Å². The number of likely N-dealkylation sites (tertiary alicyclic amines) is 1. The van der Waals surface area contributed by atoms with Gasteiger partial charge in [-0.15, -0.1) is 0 Å². The predicted octanol–water partition coefficient (Wildman–Crippen LogP) is 1.40. The molecule has 1 heterocycles. The lowest BCUT2D eigenvalue weighted by Crippen LogP contribution is -2.44. The minimum atomic E-state index is -0.320. The minimum Gasteiger partial charge on any atom is -0.393 e. The normalized spacial score (nSPS) is 23.5. The quantitative estimate of drug-likeness (QED) is 0.812. The summed E-state index contributed by atoms with van der Waals surface area (Å²) >= 11 is 0. The molecule has 1 N–H and O–H groups in total. The Kier molecular flexibility index (Phi) is 3.63. The first-order valence-electron chi connectivity index (χ1n) is 6.09. The Morgan fingerprint density at radius 1 is 1.56 bits per heavy atom. The van der Waals surface area contributed by atoms with E-state index in [0.29, 0.717) is 30.6 Å². The molecular formula is C14H16N2O2. The van der Waals surface area contributed by atoms with Crippen molar-refractivity contribution >= 4 is 5.91 Å². The van der Waals surface area contributed by atoms with Gasteiger partial charge in [-0.25, -0.2) is 0 Å². The zero-order valence-corrected chi connectivity index (χ0v) is 10.3. The van der Waals surface area contributed by atoms with Crippen molar-refractivity contribution in [2.75, 3.05) is 13.1 Å². The highest BCUT2D eigenvalue weighted by Crippen LogP contribution is 2.19. The second-order valence-corrected chi connectivity index (χ2v) is 4.78. The number of carbonyl (C=O) groups excluding carboxylic acids is 1. The number of amides is 1. The number of benzene rings is 1. The summed E-state index contributed by atoms with van der Waals surface area (Å²) in [6.45, 7) is 3.08. The van der Waals surface area contributed by atoms with Gasteiger partial charge in [0.25, 0.3) is 5.91 Å². The van der Waals surface area contributed by atoms with Crippen molar-refractivity contribution in [2.45, 2.75) is 19.4 Å². The van der Waals surface area contributed by atoms with Gasteiger partial charge in [-0.1, -0.05) is 13.0 Å². The number of hydrogen-bond acceptors (Lipinski definition) is 3. The number of nitrogens with zero attached hydrogens (tertiary/aromatic N) is 2. The van der Waals surface area contributed by atoms with Gasteiger partial charge in [0.15, 0.2) is 0 Å². The molecule has 1 aliphatic heterocycles. The molecule has 0 radical (unpaired) electrons. The van der Waals surface area contributed by atoms with Crippen LogP contribution in [0.5, 0.6) is 0 Å². The van der Waals surface area contributed by atoms with Crippen molar-refractivity contribution in [3.05, 3.63) is 35.4 Å². The van der Waals surface area contributed by atoms with Gasteiger partial charge in [0.2, 0.25) is 0 Å². The maximum absolute atomic E-state index is 12.3. The van der Waals surface area contributed by atoms with Crippen molar-refractivity contribution < 1.29 is 9.90 Å². The molecule has 0 aromatic heterocycles. The van der Waals surface area contributed by atoms with Gasteiger partial charge in [-0.2, -0.15) is 5.26 Å². The standard InChI is InChI=1S/C14H16N2O2/c1-10-9-16(6-5-13(10)17)14(18)12-4-2-3-11(7-12)8-15/h2-4,7,10,13,17H,5-6,9H2,1H3. The largest absolute Gasteiger partial charge is 0.393 e. The number of nitriles is 1. The highest BCUT2D eigenvalue weighted by Gasteiger charge is 2.27. The molecule has 1 amide bonds. The molecule has 0 saturated carbocycles. The first-order chi connectivity index (χ1) is 8.61.